The van der Waals surface area contributed by atoms with Gasteiger partial charge in [-0.05, 0) is 36.4 Å². The first-order chi connectivity index (χ1) is 9.22. The minimum atomic E-state index is 0.311. The van der Waals surface area contributed by atoms with Crippen LogP contribution in [0.25, 0.3) is 0 Å². The molecule has 0 saturated carbocycles. The van der Waals surface area contributed by atoms with Gasteiger partial charge in [-0.1, -0.05) is 17.7 Å². The maximum Gasteiger partial charge on any atom is 0.150 e. The Hall–Kier alpha value is -2.00. The Bertz CT molecular complexity index is 581. The maximum absolute atomic E-state index is 10.8. The lowest BCUT2D eigenvalue weighted by atomic mass is 10.1. The molecule has 0 spiro atoms. The molecule has 0 bridgehead atoms. The summed E-state index contributed by atoms with van der Waals surface area (Å²) >= 11 is 5.88. The number of hydrogen-bond acceptors (Lipinski definition) is 3. The molecule has 4 heteroatoms. The fraction of sp³-hybridized carbons (Fsp3) is 0.133. The van der Waals surface area contributed by atoms with Crippen LogP contribution in [-0.4, -0.2) is 13.4 Å². The molecular weight excluding hydrogens is 264 g/mol. The molecule has 0 N–H and O–H groups in total. The molecule has 3 nitrogen and oxygen atoms in total. The van der Waals surface area contributed by atoms with E-state index in [2.05, 4.69) is 0 Å². The number of rotatable bonds is 5. The Morgan fingerprint density at radius 2 is 2.05 bits per heavy atom. The second-order valence-corrected chi connectivity index (χ2v) is 4.37. The number of halogens is 1. The molecule has 19 heavy (non-hydrogen) atoms. The van der Waals surface area contributed by atoms with Gasteiger partial charge in [0.1, 0.15) is 24.4 Å². The number of carbonyl (C=O) groups excluding carboxylic acids is 1. The lowest BCUT2D eigenvalue weighted by Crippen LogP contribution is -2.00. The van der Waals surface area contributed by atoms with Crippen molar-refractivity contribution in [2.45, 2.75) is 6.61 Å². The number of benzene rings is 2. The largest absolute Gasteiger partial charge is 0.496 e. The SMILES string of the molecule is COc1ccc(C=O)cc1COc1cccc(Cl)c1. The van der Waals surface area contributed by atoms with Gasteiger partial charge >= 0.3 is 0 Å². The van der Waals surface area contributed by atoms with Crippen LogP contribution < -0.4 is 9.47 Å². The van der Waals surface area contributed by atoms with Gasteiger partial charge in [-0.3, -0.25) is 4.79 Å². The van der Waals surface area contributed by atoms with E-state index in [9.17, 15) is 4.79 Å². The summed E-state index contributed by atoms with van der Waals surface area (Å²) in [7, 11) is 1.58. The Labute approximate surface area is 116 Å². The zero-order valence-corrected chi connectivity index (χ0v) is 11.2. The van der Waals surface area contributed by atoms with Crippen LogP contribution in [0.4, 0.5) is 0 Å². The second-order valence-electron chi connectivity index (χ2n) is 3.94. The number of carbonyl (C=O) groups is 1. The molecule has 0 atom stereocenters. The Balaban J connectivity index is 2.16. The Morgan fingerprint density at radius 1 is 1.21 bits per heavy atom. The van der Waals surface area contributed by atoms with Gasteiger partial charge in [0.05, 0.1) is 7.11 Å². The highest BCUT2D eigenvalue weighted by atomic mass is 35.5. The van der Waals surface area contributed by atoms with Gasteiger partial charge in [-0.2, -0.15) is 0 Å². The molecule has 2 aromatic carbocycles. The zero-order valence-electron chi connectivity index (χ0n) is 10.4. The lowest BCUT2D eigenvalue weighted by molar-refractivity contribution is 0.112. The highest BCUT2D eigenvalue weighted by molar-refractivity contribution is 6.30. The predicted octanol–water partition coefficient (Wildman–Crippen LogP) is 3.74. The molecule has 2 aromatic rings. The summed E-state index contributed by atoms with van der Waals surface area (Å²) in [5.41, 5.74) is 1.40. The van der Waals surface area contributed by atoms with Crippen molar-refractivity contribution in [3.63, 3.8) is 0 Å². The van der Waals surface area contributed by atoms with Gasteiger partial charge in [0.2, 0.25) is 0 Å². The average Bonchev–Trinajstić information content (AvgIpc) is 2.45. The molecule has 0 radical (unpaired) electrons. The van der Waals surface area contributed by atoms with Crippen molar-refractivity contribution in [1.29, 1.82) is 0 Å². The van der Waals surface area contributed by atoms with E-state index in [0.717, 1.165) is 11.8 Å². The van der Waals surface area contributed by atoms with Gasteiger partial charge in [0.25, 0.3) is 0 Å². The van der Waals surface area contributed by atoms with Crippen molar-refractivity contribution in [2.24, 2.45) is 0 Å². The molecule has 0 aliphatic heterocycles. The first kappa shape index (κ1) is 13.4. The summed E-state index contributed by atoms with van der Waals surface area (Å²) in [6.45, 7) is 0.311. The molecule has 0 aliphatic carbocycles. The molecule has 0 aromatic heterocycles. The van der Waals surface area contributed by atoms with Crippen molar-refractivity contribution in [2.75, 3.05) is 7.11 Å². The zero-order chi connectivity index (χ0) is 13.7. The topological polar surface area (TPSA) is 35.5 Å². The van der Waals surface area contributed by atoms with Crippen molar-refractivity contribution >= 4 is 17.9 Å². The van der Waals surface area contributed by atoms with E-state index in [1.165, 1.54) is 0 Å². The predicted molar refractivity (Wildman–Crippen MR) is 74.2 cm³/mol. The smallest absolute Gasteiger partial charge is 0.150 e. The molecule has 98 valence electrons. The van der Waals surface area contributed by atoms with Gasteiger partial charge in [0, 0.05) is 16.1 Å². The van der Waals surface area contributed by atoms with Crippen LogP contribution in [0.3, 0.4) is 0 Å². The van der Waals surface area contributed by atoms with E-state index in [4.69, 9.17) is 21.1 Å². The Morgan fingerprint density at radius 3 is 2.74 bits per heavy atom. The van der Waals surface area contributed by atoms with Crippen molar-refractivity contribution < 1.29 is 14.3 Å². The number of methoxy groups -OCH3 is 1. The molecule has 2 rings (SSSR count). The van der Waals surface area contributed by atoms with E-state index < -0.39 is 0 Å². The van der Waals surface area contributed by atoms with Crippen molar-refractivity contribution in [1.82, 2.24) is 0 Å². The van der Waals surface area contributed by atoms with E-state index in [1.807, 2.05) is 12.1 Å². The Kier molecular flexibility index (Phi) is 4.42. The van der Waals surface area contributed by atoms with Crippen LogP contribution in [0.2, 0.25) is 5.02 Å². The minimum Gasteiger partial charge on any atom is -0.496 e. The van der Waals surface area contributed by atoms with E-state index >= 15 is 0 Å². The van der Waals surface area contributed by atoms with Crippen LogP contribution in [0.1, 0.15) is 15.9 Å². The van der Waals surface area contributed by atoms with Gasteiger partial charge in [-0.15, -0.1) is 0 Å². The number of ether oxygens (including phenoxy) is 2. The third-order valence-corrected chi connectivity index (χ3v) is 2.87. The third kappa shape index (κ3) is 3.48. The molecule has 0 heterocycles. The quantitative estimate of drug-likeness (QED) is 0.781. The molecular formula is C15H13ClO3. The van der Waals surface area contributed by atoms with Crippen LogP contribution in [0.15, 0.2) is 42.5 Å². The van der Waals surface area contributed by atoms with Crippen LogP contribution in [-0.2, 0) is 6.61 Å². The summed E-state index contributed by atoms with van der Waals surface area (Å²) in [5.74, 6) is 1.36. The van der Waals surface area contributed by atoms with Crippen molar-refractivity contribution in [3.05, 3.63) is 58.6 Å². The lowest BCUT2D eigenvalue weighted by Gasteiger charge is -2.11. The molecule has 0 saturated heterocycles. The summed E-state index contributed by atoms with van der Waals surface area (Å²) in [6, 6.07) is 12.4. The monoisotopic (exact) mass is 276 g/mol. The highest BCUT2D eigenvalue weighted by Crippen LogP contribution is 2.23. The third-order valence-electron chi connectivity index (χ3n) is 2.63. The first-order valence-electron chi connectivity index (χ1n) is 5.73. The molecule has 0 aliphatic rings. The fourth-order valence-electron chi connectivity index (χ4n) is 1.70. The number of hydrogen-bond donors (Lipinski definition) is 0. The van der Waals surface area contributed by atoms with Gasteiger partial charge in [0.15, 0.2) is 0 Å². The van der Waals surface area contributed by atoms with Gasteiger partial charge < -0.3 is 9.47 Å². The summed E-state index contributed by atoms with van der Waals surface area (Å²) in [6.07, 6.45) is 0.794. The van der Waals surface area contributed by atoms with Crippen molar-refractivity contribution in [3.8, 4) is 11.5 Å². The van der Waals surface area contributed by atoms with Gasteiger partial charge in [-0.25, -0.2) is 0 Å². The summed E-state index contributed by atoms with van der Waals surface area (Å²) < 4.78 is 10.9. The fourth-order valence-corrected chi connectivity index (χ4v) is 1.88. The molecule has 0 fully saturated rings. The molecule has 0 amide bonds. The highest BCUT2D eigenvalue weighted by Gasteiger charge is 2.05. The summed E-state index contributed by atoms with van der Waals surface area (Å²) in [4.78, 5) is 10.8. The van der Waals surface area contributed by atoms with E-state index in [0.29, 0.717) is 28.7 Å². The van der Waals surface area contributed by atoms with E-state index in [1.54, 1.807) is 37.4 Å². The minimum absolute atomic E-state index is 0.311. The number of aldehydes is 1. The first-order valence-corrected chi connectivity index (χ1v) is 6.11. The van der Waals surface area contributed by atoms with Crippen LogP contribution >= 0.6 is 11.6 Å². The van der Waals surface area contributed by atoms with Crippen LogP contribution in [0, 0.1) is 0 Å². The summed E-state index contributed by atoms with van der Waals surface area (Å²) in [5, 5.41) is 0.617. The van der Waals surface area contributed by atoms with E-state index in [-0.39, 0.29) is 0 Å². The van der Waals surface area contributed by atoms with Crippen LogP contribution in [0.5, 0.6) is 11.5 Å². The average molecular weight is 277 g/mol. The molecule has 0 unspecified atom stereocenters. The standard InChI is InChI=1S/C15H13ClO3/c1-18-15-6-5-11(9-17)7-12(15)10-19-14-4-2-3-13(16)8-14/h2-9H,10H2,1H3. The second kappa shape index (κ2) is 6.25. The normalized spacial score (nSPS) is 10.0. The maximum atomic E-state index is 10.8.